The van der Waals surface area contributed by atoms with Gasteiger partial charge in [-0.15, -0.1) is 0 Å². The Kier molecular flexibility index (Phi) is 3.04. The van der Waals surface area contributed by atoms with Crippen molar-refractivity contribution >= 4 is 11.8 Å². The SMILES string of the molecule is C[C@@H]1CC2C(CC[C@@]3(C)C2[C@@H]2C[C@@H]2[C@@]32CCC(=O)O2)[C@@]2(C)CCC(=O)C=C12. The van der Waals surface area contributed by atoms with Gasteiger partial charge in [-0.3, -0.25) is 9.59 Å². The fourth-order valence-electron chi connectivity index (χ4n) is 9.35. The highest BCUT2D eigenvalue weighted by Gasteiger charge is 2.79. The molecule has 0 radical (unpaired) electrons. The summed E-state index contributed by atoms with van der Waals surface area (Å²) in [5.74, 6) is 4.47. The van der Waals surface area contributed by atoms with Crippen LogP contribution in [0.3, 0.4) is 0 Å². The molecular weight excluding hydrogens is 336 g/mol. The van der Waals surface area contributed by atoms with Crippen LogP contribution >= 0.6 is 0 Å². The third-order valence-electron chi connectivity index (χ3n) is 10.4. The van der Waals surface area contributed by atoms with Crippen molar-refractivity contribution in [3.8, 4) is 0 Å². The average molecular weight is 369 g/mol. The van der Waals surface area contributed by atoms with E-state index in [9.17, 15) is 9.59 Å². The van der Waals surface area contributed by atoms with Crippen molar-refractivity contribution in [1.82, 2.24) is 0 Å². The molecule has 27 heavy (non-hydrogen) atoms. The minimum absolute atomic E-state index is 0.0460. The molecule has 0 aromatic carbocycles. The van der Waals surface area contributed by atoms with Gasteiger partial charge in [0.25, 0.3) is 0 Å². The van der Waals surface area contributed by atoms with Crippen LogP contribution in [0.15, 0.2) is 11.6 Å². The Bertz CT molecular complexity index is 782. The normalized spacial score (nSPS) is 58.1. The van der Waals surface area contributed by atoms with Gasteiger partial charge in [-0.05, 0) is 79.6 Å². The highest BCUT2D eigenvalue weighted by Crippen LogP contribution is 2.79. The molecule has 0 N–H and O–H groups in total. The minimum atomic E-state index is -0.146. The maximum absolute atomic E-state index is 12.1. The molecule has 9 atom stereocenters. The molecule has 5 fully saturated rings. The molecule has 1 spiro atoms. The molecule has 6 rings (SSSR count). The number of hydrogen-bond acceptors (Lipinski definition) is 3. The van der Waals surface area contributed by atoms with Crippen molar-refractivity contribution in [3.05, 3.63) is 11.6 Å². The second-order valence-electron chi connectivity index (χ2n) is 11.2. The Hall–Kier alpha value is -1.12. The van der Waals surface area contributed by atoms with Gasteiger partial charge in [0.05, 0.1) is 0 Å². The monoisotopic (exact) mass is 368 g/mol. The maximum Gasteiger partial charge on any atom is 0.306 e. The van der Waals surface area contributed by atoms with E-state index in [2.05, 4.69) is 20.8 Å². The number of ketones is 1. The summed E-state index contributed by atoms with van der Waals surface area (Å²) in [5.41, 5.74) is 1.70. The number of carbonyl (C=O) groups excluding carboxylic acids is 2. The molecule has 1 aliphatic heterocycles. The zero-order valence-corrected chi connectivity index (χ0v) is 16.9. The van der Waals surface area contributed by atoms with Gasteiger partial charge in [0.1, 0.15) is 5.60 Å². The van der Waals surface area contributed by atoms with Gasteiger partial charge in [-0.2, -0.15) is 0 Å². The first-order valence-corrected chi connectivity index (χ1v) is 11.3. The Morgan fingerprint density at radius 1 is 1.00 bits per heavy atom. The van der Waals surface area contributed by atoms with Crippen molar-refractivity contribution in [1.29, 1.82) is 0 Å². The van der Waals surface area contributed by atoms with Crippen LogP contribution in [-0.4, -0.2) is 17.4 Å². The first-order chi connectivity index (χ1) is 12.8. The summed E-state index contributed by atoms with van der Waals surface area (Å²) in [6, 6.07) is 0. The lowest BCUT2D eigenvalue weighted by Gasteiger charge is -2.61. The van der Waals surface area contributed by atoms with Crippen molar-refractivity contribution < 1.29 is 14.3 Å². The van der Waals surface area contributed by atoms with E-state index >= 15 is 0 Å². The van der Waals surface area contributed by atoms with Gasteiger partial charge >= 0.3 is 5.97 Å². The lowest BCUT2D eigenvalue weighted by molar-refractivity contribution is -0.177. The standard InChI is InChI=1S/C24H32O3/c1-13-10-15-17(22(2)7-4-14(25)11-18(13)22)5-8-23(3)21(15)16-12-19(16)24(23)9-6-20(26)27-24/h11,13,15-17,19,21H,4-10,12H2,1-3H3/t13-,15?,16-,17?,19+,21?,22-,23+,24+/m1/s1. The van der Waals surface area contributed by atoms with E-state index in [1.165, 1.54) is 31.3 Å². The second kappa shape index (κ2) is 4.89. The second-order valence-corrected chi connectivity index (χ2v) is 11.2. The van der Waals surface area contributed by atoms with E-state index < -0.39 is 0 Å². The molecular formula is C24H32O3. The number of hydrogen-bond donors (Lipinski definition) is 0. The van der Waals surface area contributed by atoms with Crippen LogP contribution in [0.2, 0.25) is 0 Å². The molecule has 3 nitrogen and oxygen atoms in total. The zero-order chi connectivity index (χ0) is 18.8. The fraction of sp³-hybridized carbons (Fsp3) is 0.833. The van der Waals surface area contributed by atoms with Gasteiger partial charge in [0.15, 0.2) is 5.78 Å². The zero-order valence-electron chi connectivity index (χ0n) is 16.9. The third kappa shape index (κ3) is 1.81. The van der Waals surface area contributed by atoms with Crippen LogP contribution in [0.25, 0.3) is 0 Å². The summed E-state index contributed by atoms with van der Waals surface area (Å²) in [4.78, 5) is 24.3. The first-order valence-electron chi connectivity index (χ1n) is 11.3. The summed E-state index contributed by atoms with van der Waals surface area (Å²) in [7, 11) is 0. The van der Waals surface area contributed by atoms with E-state index in [-0.39, 0.29) is 22.4 Å². The summed E-state index contributed by atoms with van der Waals surface area (Å²) < 4.78 is 6.19. The molecule has 1 saturated heterocycles. The van der Waals surface area contributed by atoms with Crippen LogP contribution in [0.1, 0.15) is 72.1 Å². The minimum Gasteiger partial charge on any atom is -0.458 e. The predicted octanol–water partition coefficient (Wildman–Crippen LogP) is 4.70. The van der Waals surface area contributed by atoms with Gasteiger partial charge in [-0.25, -0.2) is 0 Å². The first kappa shape index (κ1) is 16.8. The number of carbonyl (C=O) groups is 2. The fourth-order valence-corrected chi connectivity index (χ4v) is 9.35. The predicted molar refractivity (Wildman–Crippen MR) is 102 cm³/mol. The lowest BCUT2D eigenvalue weighted by Crippen LogP contribution is -2.57. The number of fused-ring (bicyclic) bond motifs is 9. The smallest absolute Gasteiger partial charge is 0.306 e. The highest BCUT2D eigenvalue weighted by molar-refractivity contribution is 5.91. The largest absolute Gasteiger partial charge is 0.458 e. The number of ether oxygens (including phenoxy) is 1. The number of esters is 1. The van der Waals surface area contributed by atoms with Crippen molar-refractivity contribution in [2.75, 3.05) is 0 Å². The molecule has 0 bridgehead atoms. The van der Waals surface area contributed by atoms with Crippen LogP contribution < -0.4 is 0 Å². The Balaban J connectivity index is 1.42. The van der Waals surface area contributed by atoms with E-state index in [1.54, 1.807) is 0 Å². The highest BCUT2D eigenvalue weighted by atomic mass is 16.6. The van der Waals surface area contributed by atoms with E-state index in [0.717, 1.165) is 31.1 Å². The van der Waals surface area contributed by atoms with Gasteiger partial charge < -0.3 is 4.74 Å². The molecule has 0 amide bonds. The molecule has 3 unspecified atom stereocenters. The molecule has 5 aliphatic carbocycles. The van der Waals surface area contributed by atoms with Gasteiger partial charge in [0, 0.05) is 24.2 Å². The van der Waals surface area contributed by atoms with Crippen molar-refractivity contribution in [2.45, 2.75) is 77.7 Å². The Morgan fingerprint density at radius 2 is 1.78 bits per heavy atom. The Morgan fingerprint density at radius 3 is 2.52 bits per heavy atom. The Labute approximate surface area is 162 Å². The van der Waals surface area contributed by atoms with Crippen molar-refractivity contribution in [2.24, 2.45) is 46.3 Å². The number of allylic oxidation sites excluding steroid dienone is 1. The molecule has 146 valence electrons. The summed E-state index contributed by atoms with van der Waals surface area (Å²) in [6.07, 6.45) is 10.3. The third-order valence-corrected chi connectivity index (χ3v) is 10.4. The van der Waals surface area contributed by atoms with Gasteiger partial charge in [-0.1, -0.05) is 26.3 Å². The van der Waals surface area contributed by atoms with Crippen LogP contribution in [0.4, 0.5) is 0 Å². The topological polar surface area (TPSA) is 43.4 Å². The van der Waals surface area contributed by atoms with Gasteiger partial charge in [0.2, 0.25) is 0 Å². The maximum atomic E-state index is 12.1. The molecule has 0 aromatic rings. The van der Waals surface area contributed by atoms with Crippen LogP contribution in [0, 0.1) is 46.3 Å². The summed E-state index contributed by atoms with van der Waals surface area (Å²) >= 11 is 0. The quantitative estimate of drug-likeness (QED) is 0.582. The van der Waals surface area contributed by atoms with E-state index in [1.807, 2.05) is 6.08 Å². The summed E-state index contributed by atoms with van der Waals surface area (Å²) in [5, 5.41) is 0. The van der Waals surface area contributed by atoms with E-state index in [0.29, 0.717) is 35.9 Å². The van der Waals surface area contributed by atoms with Crippen LogP contribution in [-0.2, 0) is 14.3 Å². The molecule has 6 aliphatic rings. The summed E-state index contributed by atoms with van der Waals surface area (Å²) in [6.45, 7) is 7.29. The van der Waals surface area contributed by atoms with E-state index in [4.69, 9.17) is 4.74 Å². The average Bonchev–Trinajstić information content (AvgIpc) is 3.25. The molecule has 3 heteroatoms. The number of rotatable bonds is 0. The van der Waals surface area contributed by atoms with Crippen LogP contribution in [0.5, 0.6) is 0 Å². The lowest BCUT2D eigenvalue weighted by atomic mass is 9.44. The molecule has 4 saturated carbocycles. The molecule has 1 heterocycles. The van der Waals surface area contributed by atoms with Crippen molar-refractivity contribution in [3.63, 3.8) is 0 Å². The molecule has 0 aromatic heterocycles.